The number of hydrogen-bond donors (Lipinski definition) is 1. The third kappa shape index (κ3) is 2.14. The molecular weight excluding hydrogens is 208 g/mol. The highest BCUT2D eigenvalue weighted by Gasteiger charge is 2.22. The summed E-state index contributed by atoms with van der Waals surface area (Å²) >= 11 is 0. The van der Waals surface area contributed by atoms with Crippen LogP contribution in [-0.4, -0.2) is 29.7 Å². The highest BCUT2D eigenvalue weighted by atomic mass is 16.3. The molecule has 0 atom stereocenters. The first-order valence-electron chi connectivity index (χ1n) is 5.29. The van der Waals surface area contributed by atoms with Crippen LogP contribution in [0, 0.1) is 0 Å². The maximum Gasteiger partial charge on any atom is 0.257 e. The van der Waals surface area contributed by atoms with Gasteiger partial charge < -0.3 is 15.1 Å². The molecule has 1 saturated heterocycles. The van der Waals surface area contributed by atoms with E-state index >= 15 is 0 Å². The van der Waals surface area contributed by atoms with Crippen LogP contribution in [0.3, 0.4) is 0 Å². The van der Waals surface area contributed by atoms with E-state index in [1.54, 1.807) is 11.0 Å². The van der Waals surface area contributed by atoms with Gasteiger partial charge in [-0.1, -0.05) is 0 Å². The van der Waals surface area contributed by atoms with Crippen LogP contribution in [0.25, 0.3) is 0 Å². The summed E-state index contributed by atoms with van der Waals surface area (Å²) in [5, 5.41) is 0. The fraction of sp³-hybridized carbons (Fsp3) is 0.455. The first kappa shape index (κ1) is 10.9. The van der Waals surface area contributed by atoms with Crippen LogP contribution in [0.15, 0.2) is 16.7 Å². The molecule has 1 aliphatic rings. The van der Waals surface area contributed by atoms with Crippen LogP contribution in [-0.2, 0) is 11.3 Å². The third-order valence-electron chi connectivity index (χ3n) is 2.71. The summed E-state index contributed by atoms with van der Waals surface area (Å²) in [6.45, 7) is 1.29. The monoisotopic (exact) mass is 222 g/mol. The molecule has 0 radical (unpaired) electrons. The molecule has 2 heterocycles. The van der Waals surface area contributed by atoms with Gasteiger partial charge in [-0.3, -0.25) is 9.59 Å². The Bertz CT molecular complexity index is 401. The highest BCUT2D eigenvalue weighted by Crippen LogP contribution is 2.13. The van der Waals surface area contributed by atoms with Gasteiger partial charge in [0.05, 0.1) is 12.1 Å². The molecule has 16 heavy (non-hydrogen) atoms. The molecule has 0 aliphatic carbocycles. The molecule has 1 amide bonds. The van der Waals surface area contributed by atoms with Gasteiger partial charge in [-0.2, -0.15) is 0 Å². The van der Waals surface area contributed by atoms with Gasteiger partial charge in [-0.25, -0.2) is 0 Å². The van der Waals surface area contributed by atoms with Crippen LogP contribution in [0.5, 0.6) is 0 Å². The van der Waals surface area contributed by atoms with Gasteiger partial charge in [0.1, 0.15) is 17.8 Å². The summed E-state index contributed by atoms with van der Waals surface area (Å²) in [5.74, 6) is 0.728. The lowest BCUT2D eigenvalue weighted by atomic mass is 10.1. The summed E-state index contributed by atoms with van der Waals surface area (Å²) < 4.78 is 5.11. The quantitative estimate of drug-likeness (QED) is 0.792. The summed E-state index contributed by atoms with van der Waals surface area (Å²) in [7, 11) is 0. The van der Waals surface area contributed by atoms with Crippen molar-refractivity contribution >= 4 is 11.7 Å². The second-order valence-electron chi connectivity index (χ2n) is 3.84. The molecule has 0 spiro atoms. The predicted molar refractivity (Wildman–Crippen MR) is 56.7 cm³/mol. The lowest BCUT2D eigenvalue weighted by molar-refractivity contribution is -0.120. The van der Waals surface area contributed by atoms with Crippen molar-refractivity contribution in [3.63, 3.8) is 0 Å². The van der Waals surface area contributed by atoms with Gasteiger partial charge >= 0.3 is 0 Å². The van der Waals surface area contributed by atoms with E-state index in [1.807, 2.05) is 0 Å². The SMILES string of the molecule is NCc1cc(C(=O)N2CCC(=O)CC2)co1. The number of furan rings is 1. The maximum absolute atomic E-state index is 11.9. The summed E-state index contributed by atoms with van der Waals surface area (Å²) in [6, 6.07) is 1.65. The van der Waals surface area contributed by atoms with Crippen molar-refractivity contribution in [2.75, 3.05) is 13.1 Å². The van der Waals surface area contributed by atoms with Crippen molar-refractivity contribution in [3.8, 4) is 0 Å². The molecule has 5 heteroatoms. The Morgan fingerprint density at radius 3 is 2.69 bits per heavy atom. The standard InChI is InChI=1S/C11H14N2O3/c12-6-10-5-8(7-16-10)11(15)13-3-1-9(14)2-4-13/h5,7H,1-4,6,12H2. The first-order valence-corrected chi connectivity index (χ1v) is 5.29. The molecule has 5 nitrogen and oxygen atoms in total. The number of hydrogen-bond acceptors (Lipinski definition) is 4. The average Bonchev–Trinajstić information content (AvgIpc) is 2.77. The van der Waals surface area contributed by atoms with E-state index in [4.69, 9.17) is 10.2 Å². The predicted octanol–water partition coefficient (Wildman–Crippen LogP) is 0.543. The topological polar surface area (TPSA) is 76.5 Å². The number of Topliss-reactive ketones (excluding diaryl/α,β-unsaturated/α-hetero) is 1. The van der Waals surface area contributed by atoms with Gasteiger partial charge in [0.2, 0.25) is 0 Å². The van der Waals surface area contributed by atoms with Gasteiger partial charge in [-0.15, -0.1) is 0 Å². The minimum absolute atomic E-state index is 0.0871. The van der Waals surface area contributed by atoms with E-state index < -0.39 is 0 Å². The van der Waals surface area contributed by atoms with Crippen LogP contribution in [0.2, 0.25) is 0 Å². The van der Waals surface area contributed by atoms with Crippen LogP contribution in [0.1, 0.15) is 29.0 Å². The van der Waals surface area contributed by atoms with Crippen molar-refractivity contribution in [1.29, 1.82) is 0 Å². The molecule has 1 fully saturated rings. The molecule has 0 unspecified atom stereocenters. The molecule has 1 aliphatic heterocycles. The third-order valence-corrected chi connectivity index (χ3v) is 2.71. The summed E-state index contributed by atoms with van der Waals surface area (Å²) in [4.78, 5) is 24.7. The largest absolute Gasteiger partial charge is 0.467 e. The first-order chi connectivity index (χ1) is 7.70. The summed E-state index contributed by atoms with van der Waals surface area (Å²) in [5.41, 5.74) is 5.91. The minimum Gasteiger partial charge on any atom is -0.467 e. The second-order valence-corrected chi connectivity index (χ2v) is 3.84. The zero-order chi connectivity index (χ0) is 11.5. The number of rotatable bonds is 2. The van der Waals surface area contributed by atoms with Crippen LogP contribution < -0.4 is 5.73 Å². The number of nitrogens with zero attached hydrogens (tertiary/aromatic N) is 1. The number of carbonyl (C=O) groups is 2. The van der Waals surface area contributed by atoms with Crippen molar-refractivity contribution in [2.45, 2.75) is 19.4 Å². The van der Waals surface area contributed by atoms with E-state index in [-0.39, 0.29) is 18.2 Å². The Kier molecular flexibility index (Phi) is 3.05. The van der Waals surface area contributed by atoms with Gasteiger partial charge in [0.15, 0.2) is 0 Å². The van der Waals surface area contributed by atoms with E-state index in [1.165, 1.54) is 6.26 Å². The minimum atomic E-state index is -0.0871. The number of amides is 1. The zero-order valence-corrected chi connectivity index (χ0v) is 8.94. The van der Waals surface area contributed by atoms with Gasteiger partial charge in [0, 0.05) is 25.9 Å². The lowest BCUT2D eigenvalue weighted by Gasteiger charge is -2.25. The van der Waals surface area contributed by atoms with Crippen molar-refractivity contribution in [3.05, 3.63) is 23.7 Å². The average molecular weight is 222 g/mol. The summed E-state index contributed by atoms with van der Waals surface area (Å²) in [6.07, 6.45) is 2.32. The molecule has 2 rings (SSSR count). The number of nitrogens with two attached hydrogens (primary N) is 1. The van der Waals surface area contributed by atoms with Crippen LogP contribution >= 0.6 is 0 Å². The molecule has 86 valence electrons. The highest BCUT2D eigenvalue weighted by molar-refractivity contribution is 5.95. The second kappa shape index (κ2) is 4.49. The van der Waals surface area contributed by atoms with E-state index in [0.717, 1.165) is 0 Å². The molecule has 0 bridgehead atoms. The van der Waals surface area contributed by atoms with E-state index in [9.17, 15) is 9.59 Å². The normalized spacial score (nSPS) is 16.6. The van der Waals surface area contributed by atoms with Gasteiger partial charge in [0.25, 0.3) is 5.91 Å². The number of carbonyl (C=O) groups excluding carboxylic acids is 2. The molecule has 1 aromatic heterocycles. The molecule has 2 N–H and O–H groups in total. The fourth-order valence-corrected chi connectivity index (χ4v) is 1.74. The Balaban J connectivity index is 2.04. The van der Waals surface area contributed by atoms with E-state index in [0.29, 0.717) is 37.3 Å². The zero-order valence-electron chi connectivity index (χ0n) is 8.94. The molecule has 1 aromatic rings. The number of piperidine rings is 1. The van der Waals surface area contributed by atoms with Gasteiger partial charge in [-0.05, 0) is 6.07 Å². The van der Waals surface area contributed by atoms with Crippen molar-refractivity contribution in [2.24, 2.45) is 5.73 Å². The Labute approximate surface area is 93.2 Å². The molecule has 0 saturated carbocycles. The smallest absolute Gasteiger partial charge is 0.257 e. The van der Waals surface area contributed by atoms with E-state index in [2.05, 4.69) is 0 Å². The van der Waals surface area contributed by atoms with Crippen molar-refractivity contribution < 1.29 is 14.0 Å². The molecular formula is C11H14N2O3. The Hall–Kier alpha value is -1.62. The Morgan fingerprint density at radius 2 is 2.12 bits per heavy atom. The number of likely N-dealkylation sites (tertiary alicyclic amines) is 1. The van der Waals surface area contributed by atoms with Crippen LogP contribution in [0.4, 0.5) is 0 Å². The maximum atomic E-state index is 11.9. The fourth-order valence-electron chi connectivity index (χ4n) is 1.74. The Morgan fingerprint density at radius 1 is 1.44 bits per heavy atom. The number of ketones is 1. The van der Waals surface area contributed by atoms with Crippen molar-refractivity contribution in [1.82, 2.24) is 4.90 Å². The molecule has 0 aromatic carbocycles. The lowest BCUT2D eigenvalue weighted by Crippen LogP contribution is -2.38.